The molecule has 0 bridgehead atoms. The van der Waals surface area contributed by atoms with Crippen LogP contribution in [0.2, 0.25) is 0 Å². The summed E-state index contributed by atoms with van der Waals surface area (Å²) in [5, 5.41) is 0. The first kappa shape index (κ1) is 7.43. The number of allylic oxidation sites excluding steroid dienone is 6. The van der Waals surface area contributed by atoms with Gasteiger partial charge in [-0.05, 0) is 24.8 Å². The van der Waals surface area contributed by atoms with Crippen molar-refractivity contribution in [1.82, 2.24) is 4.90 Å². The van der Waals surface area contributed by atoms with Crippen LogP contribution in [-0.4, -0.2) is 18.0 Å². The summed E-state index contributed by atoms with van der Waals surface area (Å²) >= 11 is 0. The molecule has 3 aliphatic rings. The number of hydrogen-bond donors (Lipinski definition) is 0. The van der Waals surface area contributed by atoms with Crippen LogP contribution in [0.4, 0.5) is 0 Å². The second-order valence-electron chi connectivity index (χ2n) is 4.13. The molecule has 1 unspecified atom stereocenters. The molecule has 2 aliphatic heterocycles. The van der Waals surface area contributed by atoms with E-state index in [2.05, 4.69) is 29.2 Å². The van der Waals surface area contributed by atoms with E-state index in [1.54, 1.807) is 11.3 Å². The Kier molecular flexibility index (Phi) is 1.58. The van der Waals surface area contributed by atoms with Gasteiger partial charge in [0.1, 0.15) is 0 Å². The minimum absolute atomic E-state index is 0.731. The highest BCUT2D eigenvalue weighted by atomic mass is 15.2. The molecule has 0 aromatic heterocycles. The van der Waals surface area contributed by atoms with E-state index < -0.39 is 0 Å². The standard InChI is InChI=1S/C12H15N/c1-2-5-11-10(4-1)7-9-13-8-3-6-12(11)13/h1-2,4-5,10H,3,6-9H2. The summed E-state index contributed by atoms with van der Waals surface area (Å²) in [6, 6.07) is 0. The SMILES string of the molecule is C1=CC2=C3CCCN3CCC2C=C1. The Hall–Kier alpha value is -0.980. The van der Waals surface area contributed by atoms with Crippen LogP contribution in [0.25, 0.3) is 0 Å². The summed E-state index contributed by atoms with van der Waals surface area (Å²) in [6.07, 6.45) is 13.0. The van der Waals surface area contributed by atoms with Crippen molar-refractivity contribution in [2.45, 2.75) is 19.3 Å². The maximum Gasteiger partial charge on any atom is 0.0183 e. The van der Waals surface area contributed by atoms with Gasteiger partial charge < -0.3 is 4.90 Å². The molecule has 0 aromatic rings. The monoisotopic (exact) mass is 173 g/mol. The lowest BCUT2D eigenvalue weighted by Gasteiger charge is -2.32. The van der Waals surface area contributed by atoms with Crippen LogP contribution in [0, 0.1) is 5.92 Å². The van der Waals surface area contributed by atoms with E-state index in [0.29, 0.717) is 0 Å². The van der Waals surface area contributed by atoms with E-state index in [0.717, 1.165) is 5.92 Å². The summed E-state index contributed by atoms with van der Waals surface area (Å²) in [6.45, 7) is 2.57. The number of nitrogens with zero attached hydrogens (tertiary/aromatic N) is 1. The van der Waals surface area contributed by atoms with Gasteiger partial charge in [0.25, 0.3) is 0 Å². The summed E-state index contributed by atoms with van der Waals surface area (Å²) < 4.78 is 0. The molecule has 2 heterocycles. The van der Waals surface area contributed by atoms with E-state index in [1.165, 1.54) is 32.4 Å². The zero-order valence-corrected chi connectivity index (χ0v) is 7.87. The van der Waals surface area contributed by atoms with Gasteiger partial charge in [-0.1, -0.05) is 24.3 Å². The van der Waals surface area contributed by atoms with Gasteiger partial charge in [-0.2, -0.15) is 0 Å². The van der Waals surface area contributed by atoms with Gasteiger partial charge in [0.2, 0.25) is 0 Å². The number of fused-ring (bicyclic) bond motifs is 2. The van der Waals surface area contributed by atoms with Gasteiger partial charge in [0.15, 0.2) is 0 Å². The highest BCUT2D eigenvalue weighted by molar-refractivity contribution is 5.38. The minimum atomic E-state index is 0.731. The molecular formula is C12H15N. The third-order valence-electron chi connectivity index (χ3n) is 3.40. The van der Waals surface area contributed by atoms with Crippen molar-refractivity contribution in [1.29, 1.82) is 0 Å². The smallest absolute Gasteiger partial charge is 0.0183 e. The predicted octanol–water partition coefficient (Wildman–Crippen LogP) is 2.48. The van der Waals surface area contributed by atoms with Crippen LogP contribution in [-0.2, 0) is 0 Å². The molecule has 1 saturated heterocycles. The van der Waals surface area contributed by atoms with Crippen molar-refractivity contribution < 1.29 is 0 Å². The fraction of sp³-hybridized carbons (Fsp3) is 0.500. The van der Waals surface area contributed by atoms with E-state index in [4.69, 9.17) is 0 Å². The molecule has 0 saturated carbocycles. The zero-order chi connectivity index (χ0) is 8.67. The highest BCUT2D eigenvalue weighted by Crippen LogP contribution is 2.36. The molecule has 1 fully saturated rings. The largest absolute Gasteiger partial charge is 0.375 e. The van der Waals surface area contributed by atoms with E-state index >= 15 is 0 Å². The van der Waals surface area contributed by atoms with Crippen LogP contribution < -0.4 is 0 Å². The third-order valence-corrected chi connectivity index (χ3v) is 3.40. The quantitative estimate of drug-likeness (QED) is 0.544. The Morgan fingerprint density at radius 1 is 1.23 bits per heavy atom. The van der Waals surface area contributed by atoms with Crippen molar-refractivity contribution in [3.05, 3.63) is 35.6 Å². The fourth-order valence-electron chi connectivity index (χ4n) is 2.75. The van der Waals surface area contributed by atoms with Gasteiger partial charge in [-0.25, -0.2) is 0 Å². The fourth-order valence-corrected chi connectivity index (χ4v) is 2.75. The number of hydrogen-bond acceptors (Lipinski definition) is 1. The summed E-state index contributed by atoms with van der Waals surface area (Å²) in [4.78, 5) is 2.58. The van der Waals surface area contributed by atoms with Crippen molar-refractivity contribution in [2.24, 2.45) is 5.92 Å². The first-order valence-corrected chi connectivity index (χ1v) is 5.28. The Morgan fingerprint density at radius 2 is 2.23 bits per heavy atom. The molecule has 68 valence electrons. The lowest BCUT2D eigenvalue weighted by atomic mass is 9.87. The molecule has 1 aliphatic carbocycles. The zero-order valence-electron chi connectivity index (χ0n) is 7.87. The molecule has 3 rings (SSSR count). The maximum absolute atomic E-state index is 2.58. The van der Waals surface area contributed by atoms with Crippen LogP contribution in [0.3, 0.4) is 0 Å². The Labute approximate surface area is 79.4 Å². The Bertz CT molecular complexity index is 309. The van der Waals surface area contributed by atoms with Crippen LogP contribution in [0.5, 0.6) is 0 Å². The van der Waals surface area contributed by atoms with Crippen LogP contribution in [0.1, 0.15) is 19.3 Å². The predicted molar refractivity (Wildman–Crippen MR) is 54.2 cm³/mol. The van der Waals surface area contributed by atoms with Crippen molar-refractivity contribution >= 4 is 0 Å². The molecule has 0 spiro atoms. The van der Waals surface area contributed by atoms with Crippen LogP contribution >= 0.6 is 0 Å². The topological polar surface area (TPSA) is 3.24 Å². The second-order valence-corrected chi connectivity index (χ2v) is 4.13. The van der Waals surface area contributed by atoms with Crippen molar-refractivity contribution in [3.8, 4) is 0 Å². The molecular weight excluding hydrogens is 158 g/mol. The molecule has 1 nitrogen and oxygen atoms in total. The van der Waals surface area contributed by atoms with E-state index in [9.17, 15) is 0 Å². The third kappa shape index (κ3) is 1.06. The molecule has 1 atom stereocenters. The first-order valence-electron chi connectivity index (χ1n) is 5.28. The summed E-state index contributed by atoms with van der Waals surface area (Å²) in [5.74, 6) is 0.731. The summed E-state index contributed by atoms with van der Waals surface area (Å²) in [7, 11) is 0. The first-order chi connectivity index (χ1) is 6.45. The Balaban J connectivity index is 2.05. The molecule has 13 heavy (non-hydrogen) atoms. The van der Waals surface area contributed by atoms with Gasteiger partial charge in [-0.15, -0.1) is 0 Å². The van der Waals surface area contributed by atoms with Crippen molar-refractivity contribution in [3.63, 3.8) is 0 Å². The molecule has 1 heteroatoms. The second kappa shape index (κ2) is 2.76. The molecule has 0 amide bonds. The summed E-state index contributed by atoms with van der Waals surface area (Å²) in [5.41, 5.74) is 3.24. The van der Waals surface area contributed by atoms with Crippen molar-refractivity contribution in [2.75, 3.05) is 13.1 Å². The maximum atomic E-state index is 2.58. The molecule has 0 radical (unpaired) electrons. The Morgan fingerprint density at radius 3 is 3.23 bits per heavy atom. The van der Waals surface area contributed by atoms with Gasteiger partial charge >= 0.3 is 0 Å². The number of rotatable bonds is 0. The molecule has 0 aromatic carbocycles. The van der Waals surface area contributed by atoms with E-state index in [-0.39, 0.29) is 0 Å². The minimum Gasteiger partial charge on any atom is -0.375 e. The average Bonchev–Trinajstić information content (AvgIpc) is 2.65. The lowest BCUT2D eigenvalue weighted by molar-refractivity contribution is 0.341. The normalized spacial score (nSPS) is 30.8. The van der Waals surface area contributed by atoms with Gasteiger partial charge in [-0.3, -0.25) is 0 Å². The van der Waals surface area contributed by atoms with Gasteiger partial charge in [0, 0.05) is 24.7 Å². The lowest BCUT2D eigenvalue weighted by Crippen LogP contribution is -2.28. The van der Waals surface area contributed by atoms with Gasteiger partial charge in [0.05, 0.1) is 0 Å². The average molecular weight is 173 g/mol. The highest BCUT2D eigenvalue weighted by Gasteiger charge is 2.28. The molecule has 0 N–H and O–H groups in total. The van der Waals surface area contributed by atoms with E-state index in [1.807, 2.05) is 0 Å². The van der Waals surface area contributed by atoms with Crippen LogP contribution in [0.15, 0.2) is 35.6 Å².